The first-order valence-corrected chi connectivity index (χ1v) is 5.11. The smallest absolute Gasteiger partial charge is 0.120 e. The van der Waals surface area contributed by atoms with Crippen LogP contribution in [-0.2, 0) is 0 Å². The first kappa shape index (κ1) is 10.3. The van der Waals surface area contributed by atoms with E-state index >= 15 is 0 Å². The normalized spacial score (nSPS) is 13.1. The van der Waals surface area contributed by atoms with Crippen LogP contribution in [0.15, 0.2) is 22.8 Å². The Labute approximate surface area is 80.3 Å². The topological polar surface area (TPSA) is 25.2 Å². The maximum absolute atomic E-state index is 5.29. The third-order valence-electron chi connectivity index (χ3n) is 2.20. The minimum atomic E-state index is 0.340. The molecule has 0 aromatic carbocycles. The lowest BCUT2D eigenvalue weighted by atomic mass is 10.2. The molecule has 2 heteroatoms. The molecule has 0 radical (unpaired) electrons. The van der Waals surface area contributed by atoms with E-state index in [1.807, 2.05) is 12.1 Å². The van der Waals surface area contributed by atoms with Crippen LogP contribution in [0.3, 0.4) is 0 Å². The van der Waals surface area contributed by atoms with Crippen molar-refractivity contribution in [1.29, 1.82) is 0 Å². The second kappa shape index (κ2) is 5.81. The molecule has 1 heterocycles. The van der Waals surface area contributed by atoms with Gasteiger partial charge in [-0.1, -0.05) is 19.8 Å². The molecule has 2 nitrogen and oxygen atoms in total. The zero-order valence-corrected chi connectivity index (χ0v) is 8.55. The van der Waals surface area contributed by atoms with E-state index in [0.29, 0.717) is 6.04 Å². The van der Waals surface area contributed by atoms with Crippen molar-refractivity contribution in [3.05, 3.63) is 24.2 Å². The van der Waals surface area contributed by atoms with Crippen molar-refractivity contribution >= 4 is 0 Å². The van der Waals surface area contributed by atoms with Gasteiger partial charge in [0, 0.05) is 0 Å². The van der Waals surface area contributed by atoms with Crippen molar-refractivity contribution in [2.45, 2.75) is 39.2 Å². The standard InChI is InChI=1S/C11H19NO/c1-3-4-5-8-12-10(2)11-7-6-9-13-11/h6-7,9-10,12H,3-5,8H2,1-2H3. The van der Waals surface area contributed by atoms with Crippen LogP contribution in [0, 0.1) is 0 Å². The average Bonchev–Trinajstić information content (AvgIpc) is 2.65. The summed E-state index contributed by atoms with van der Waals surface area (Å²) in [6, 6.07) is 4.28. The lowest BCUT2D eigenvalue weighted by molar-refractivity contribution is 0.427. The monoisotopic (exact) mass is 181 g/mol. The lowest BCUT2D eigenvalue weighted by Gasteiger charge is -2.10. The third kappa shape index (κ3) is 3.64. The average molecular weight is 181 g/mol. The Morgan fingerprint density at radius 3 is 2.92 bits per heavy atom. The number of furan rings is 1. The summed E-state index contributed by atoms with van der Waals surface area (Å²) < 4.78 is 5.29. The van der Waals surface area contributed by atoms with Crippen molar-refractivity contribution in [2.24, 2.45) is 0 Å². The van der Waals surface area contributed by atoms with Crippen molar-refractivity contribution in [3.8, 4) is 0 Å². The van der Waals surface area contributed by atoms with Crippen LogP contribution in [-0.4, -0.2) is 6.54 Å². The number of nitrogens with one attached hydrogen (secondary N) is 1. The van der Waals surface area contributed by atoms with Crippen molar-refractivity contribution < 1.29 is 4.42 Å². The highest BCUT2D eigenvalue weighted by atomic mass is 16.3. The van der Waals surface area contributed by atoms with Crippen LogP contribution in [0.4, 0.5) is 0 Å². The van der Waals surface area contributed by atoms with Crippen LogP contribution in [0.5, 0.6) is 0 Å². The molecule has 0 amide bonds. The van der Waals surface area contributed by atoms with Crippen LogP contribution < -0.4 is 5.32 Å². The van der Waals surface area contributed by atoms with Crippen molar-refractivity contribution in [1.82, 2.24) is 5.32 Å². The highest BCUT2D eigenvalue weighted by Gasteiger charge is 2.05. The highest BCUT2D eigenvalue weighted by Crippen LogP contribution is 2.11. The van der Waals surface area contributed by atoms with Gasteiger partial charge in [0.15, 0.2) is 0 Å². The number of rotatable bonds is 6. The molecule has 1 rings (SSSR count). The van der Waals surface area contributed by atoms with Crippen LogP contribution in [0.1, 0.15) is 44.9 Å². The third-order valence-corrected chi connectivity index (χ3v) is 2.20. The van der Waals surface area contributed by atoms with Crippen LogP contribution in [0.25, 0.3) is 0 Å². The van der Waals surface area contributed by atoms with Gasteiger partial charge in [0.2, 0.25) is 0 Å². The summed E-state index contributed by atoms with van der Waals surface area (Å²) >= 11 is 0. The maximum Gasteiger partial charge on any atom is 0.120 e. The van der Waals surface area contributed by atoms with Gasteiger partial charge >= 0.3 is 0 Å². The van der Waals surface area contributed by atoms with Crippen molar-refractivity contribution in [3.63, 3.8) is 0 Å². The maximum atomic E-state index is 5.29. The van der Waals surface area contributed by atoms with Gasteiger partial charge in [0.25, 0.3) is 0 Å². The van der Waals surface area contributed by atoms with E-state index in [2.05, 4.69) is 19.2 Å². The van der Waals surface area contributed by atoms with Gasteiger partial charge in [-0.15, -0.1) is 0 Å². The van der Waals surface area contributed by atoms with E-state index in [1.54, 1.807) is 6.26 Å². The van der Waals surface area contributed by atoms with E-state index in [1.165, 1.54) is 19.3 Å². The predicted octanol–water partition coefficient (Wildman–Crippen LogP) is 3.12. The lowest BCUT2D eigenvalue weighted by Crippen LogP contribution is -2.19. The molecule has 74 valence electrons. The Bertz CT molecular complexity index is 206. The summed E-state index contributed by atoms with van der Waals surface area (Å²) in [4.78, 5) is 0. The van der Waals surface area contributed by atoms with E-state index in [9.17, 15) is 0 Å². The Balaban J connectivity index is 2.15. The SMILES string of the molecule is CCCCCNC(C)c1ccco1. The first-order chi connectivity index (χ1) is 6.34. The van der Waals surface area contributed by atoms with Crippen LogP contribution >= 0.6 is 0 Å². The summed E-state index contributed by atoms with van der Waals surface area (Å²) in [7, 11) is 0. The summed E-state index contributed by atoms with van der Waals surface area (Å²) in [5.41, 5.74) is 0. The van der Waals surface area contributed by atoms with Gasteiger partial charge in [0.05, 0.1) is 12.3 Å². The molecular weight excluding hydrogens is 162 g/mol. The molecule has 13 heavy (non-hydrogen) atoms. The van der Waals surface area contributed by atoms with Gasteiger partial charge in [-0.3, -0.25) is 0 Å². The number of hydrogen-bond donors (Lipinski definition) is 1. The van der Waals surface area contributed by atoms with E-state index < -0.39 is 0 Å². The van der Waals surface area contributed by atoms with Gasteiger partial charge in [0.1, 0.15) is 5.76 Å². The van der Waals surface area contributed by atoms with Gasteiger partial charge < -0.3 is 9.73 Å². The number of unbranched alkanes of at least 4 members (excludes halogenated alkanes) is 2. The Morgan fingerprint density at radius 2 is 2.31 bits per heavy atom. The zero-order chi connectivity index (χ0) is 9.52. The van der Waals surface area contributed by atoms with E-state index in [4.69, 9.17) is 4.42 Å². The van der Waals surface area contributed by atoms with Gasteiger partial charge in [-0.05, 0) is 32.0 Å². The molecular formula is C11H19NO. The largest absolute Gasteiger partial charge is 0.468 e. The van der Waals surface area contributed by atoms with Crippen LogP contribution in [0.2, 0.25) is 0 Å². The molecule has 1 atom stereocenters. The fourth-order valence-corrected chi connectivity index (χ4v) is 1.33. The fourth-order valence-electron chi connectivity index (χ4n) is 1.33. The fraction of sp³-hybridized carbons (Fsp3) is 0.636. The summed E-state index contributed by atoms with van der Waals surface area (Å²) in [5.74, 6) is 1.02. The molecule has 1 unspecified atom stereocenters. The molecule has 0 aliphatic carbocycles. The molecule has 0 aliphatic rings. The van der Waals surface area contributed by atoms with E-state index in [-0.39, 0.29) is 0 Å². The Kier molecular flexibility index (Phi) is 4.61. The molecule has 1 aromatic heterocycles. The quantitative estimate of drug-likeness (QED) is 0.682. The molecule has 1 N–H and O–H groups in total. The molecule has 0 aliphatic heterocycles. The predicted molar refractivity (Wildman–Crippen MR) is 54.7 cm³/mol. The van der Waals surface area contributed by atoms with Gasteiger partial charge in [-0.2, -0.15) is 0 Å². The minimum Gasteiger partial charge on any atom is -0.468 e. The summed E-state index contributed by atoms with van der Waals surface area (Å²) in [5, 5.41) is 3.43. The zero-order valence-electron chi connectivity index (χ0n) is 8.55. The summed E-state index contributed by atoms with van der Waals surface area (Å²) in [6.07, 6.45) is 5.55. The highest BCUT2D eigenvalue weighted by molar-refractivity contribution is 5.02. The second-order valence-corrected chi connectivity index (χ2v) is 3.40. The van der Waals surface area contributed by atoms with Gasteiger partial charge in [-0.25, -0.2) is 0 Å². The second-order valence-electron chi connectivity index (χ2n) is 3.40. The Hall–Kier alpha value is -0.760. The first-order valence-electron chi connectivity index (χ1n) is 5.11. The molecule has 0 saturated heterocycles. The summed E-state index contributed by atoms with van der Waals surface area (Å²) in [6.45, 7) is 5.43. The molecule has 0 saturated carbocycles. The molecule has 0 bridgehead atoms. The minimum absolute atomic E-state index is 0.340. The molecule has 0 spiro atoms. The molecule has 1 aromatic rings. The molecule has 0 fully saturated rings. The number of hydrogen-bond acceptors (Lipinski definition) is 2. The van der Waals surface area contributed by atoms with Crippen molar-refractivity contribution in [2.75, 3.05) is 6.54 Å². The van der Waals surface area contributed by atoms with E-state index in [0.717, 1.165) is 12.3 Å². The Morgan fingerprint density at radius 1 is 1.46 bits per heavy atom.